The molecule has 0 fully saturated rings. The summed E-state index contributed by atoms with van der Waals surface area (Å²) in [5.41, 5.74) is 1.04. The first kappa shape index (κ1) is 23.5. The van der Waals surface area contributed by atoms with Crippen molar-refractivity contribution in [1.82, 2.24) is 4.90 Å². The topological polar surface area (TPSA) is 84.9 Å². The van der Waals surface area contributed by atoms with Gasteiger partial charge in [0.15, 0.2) is 13.2 Å². The maximum Gasteiger partial charge on any atom is 0.342 e. The van der Waals surface area contributed by atoms with Gasteiger partial charge in [0.25, 0.3) is 11.8 Å². The highest BCUT2D eigenvalue weighted by molar-refractivity contribution is 5.95. The van der Waals surface area contributed by atoms with Crippen LogP contribution in [-0.4, -0.2) is 42.9 Å². The van der Waals surface area contributed by atoms with Gasteiger partial charge in [0.2, 0.25) is 0 Å². The van der Waals surface area contributed by atoms with Crippen LogP contribution in [0.3, 0.4) is 0 Å². The maximum absolute atomic E-state index is 13.7. The van der Waals surface area contributed by atoms with Gasteiger partial charge in [-0.15, -0.1) is 0 Å². The number of anilines is 1. The van der Waals surface area contributed by atoms with Crippen LogP contribution in [0.4, 0.5) is 10.1 Å². The zero-order valence-corrected chi connectivity index (χ0v) is 18.0. The Labute approximate surface area is 190 Å². The summed E-state index contributed by atoms with van der Waals surface area (Å²) >= 11 is 0. The fourth-order valence-corrected chi connectivity index (χ4v) is 2.91. The predicted octanol–water partition coefficient (Wildman–Crippen LogP) is 3.66. The van der Waals surface area contributed by atoms with Gasteiger partial charge in [-0.05, 0) is 29.8 Å². The smallest absolute Gasteiger partial charge is 0.342 e. The fraction of sp³-hybridized carbons (Fsp3) is 0.160. The zero-order chi connectivity index (χ0) is 23.6. The lowest BCUT2D eigenvalue weighted by atomic mass is 10.2. The van der Waals surface area contributed by atoms with Crippen molar-refractivity contribution in [2.45, 2.75) is 6.54 Å². The molecule has 0 radical (unpaired) electrons. The van der Waals surface area contributed by atoms with E-state index in [0.717, 1.165) is 5.56 Å². The molecule has 1 N–H and O–H groups in total. The van der Waals surface area contributed by atoms with Crippen molar-refractivity contribution in [2.75, 3.05) is 25.6 Å². The molecular formula is C25H23FN2O5. The quantitative estimate of drug-likeness (QED) is 0.503. The Hall–Kier alpha value is -4.20. The number of benzene rings is 3. The van der Waals surface area contributed by atoms with Crippen LogP contribution in [0.1, 0.15) is 15.9 Å². The number of hydrogen-bond acceptors (Lipinski definition) is 5. The number of likely N-dealkylation sites (N-methyl/N-ethyl adjacent to an activating group) is 1. The highest BCUT2D eigenvalue weighted by atomic mass is 19.1. The molecule has 2 amide bonds. The molecule has 0 aliphatic carbocycles. The van der Waals surface area contributed by atoms with Crippen molar-refractivity contribution < 1.29 is 28.2 Å². The van der Waals surface area contributed by atoms with Crippen LogP contribution in [0, 0.1) is 5.82 Å². The lowest BCUT2D eigenvalue weighted by Gasteiger charge is -2.17. The number of esters is 1. The summed E-state index contributed by atoms with van der Waals surface area (Å²) in [7, 11) is 1.62. The van der Waals surface area contributed by atoms with Gasteiger partial charge in [0.1, 0.15) is 17.1 Å². The van der Waals surface area contributed by atoms with Crippen LogP contribution in [0.5, 0.6) is 5.75 Å². The number of nitrogens with zero attached hydrogens (tertiary/aromatic N) is 1. The van der Waals surface area contributed by atoms with Crippen LogP contribution in [0.25, 0.3) is 0 Å². The first-order valence-electron chi connectivity index (χ1n) is 10.2. The molecule has 0 spiro atoms. The Morgan fingerprint density at radius 3 is 2.30 bits per heavy atom. The summed E-state index contributed by atoms with van der Waals surface area (Å²) in [6.45, 7) is -0.504. The van der Waals surface area contributed by atoms with Gasteiger partial charge < -0.3 is 19.7 Å². The van der Waals surface area contributed by atoms with Crippen LogP contribution in [-0.2, 0) is 20.9 Å². The Morgan fingerprint density at radius 2 is 1.55 bits per heavy atom. The summed E-state index contributed by atoms with van der Waals surface area (Å²) in [5, 5.41) is 2.40. The summed E-state index contributed by atoms with van der Waals surface area (Å²) in [6.07, 6.45) is 0. The van der Waals surface area contributed by atoms with Crippen molar-refractivity contribution >= 4 is 23.5 Å². The van der Waals surface area contributed by atoms with E-state index in [9.17, 15) is 18.8 Å². The molecule has 0 atom stereocenters. The second-order valence-corrected chi connectivity index (χ2v) is 7.12. The normalized spacial score (nSPS) is 10.2. The van der Waals surface area contributed by atoms with Crippen molar-refractivity contribution in [3.8, 4) is 5.75 Å². The van der Waals surface area contributed by atoms with Gasteiger partial charge >= 0.3 is 5.97 Å². The Balaban J connectivity index is 1.53. The minimum Gasteiger partial charge on any atom is -0.483 e. The third-order valence-electron chi connectivity index (χ3n) is 4.63. The molecule has 0 saturated carbocycles. The fourth-order valence-electron chi connectivity index (χ4n) is 2.91. The van der Waals surface area contributed by atoms with Gasteiger partial charge in [-0.25, -0.2) is 9.18 Å². The number of rotatable bonds is 9. The first-order valence-corrected chi connectivity index (χ1v) is 10.2. The molecule has 33 heavy (non-hydrogen) atoms. The number of ether oxygens (including phenoxy) is 2. The Morgan fingerprint density at radius 1 is 0.879 bits per heavy atom. The minimum absolute atomic E-state index is 0.0249. The SMILES string of the molecule is CN(Cc1ccccc1)C(=O)COC(=O)c1ccccc1OCC(=O)Nc1ccccc1F. The average molecular weight is 450 g/mol. The molecule has 0 aliphatic rings. The van der Waals surface area contributed by atoms with Crippen LogP contribution in [0.15, 0.2) is 78.9 Å². The highest BCUT2D eigenvalue weighted by Crippen LogP contribution is 2.19. The molecule has 0 saturated heterocycles. The van der Waals surface area contributed by atoms with E-state index >= 15 is 0 Å². The summed E-state index contributed by atoms with van der Waals surface area (Å²) < 4.78 is 24.2. The Bertz CT molecular complexity index is 1120. The number of amides is 2. The number of para-hydroxylation sites is 2. The largest absolute Gasteiger partial charge is 0.483 e. The first-order chi connectivity index (χ1) is 15.9. The molecule has 0 heterocycles. The molecule has 3 rings (SSSR count). The lowest BCUT2D eigenvalue weighted by molar-refractivity contribution is -0.133. The average Bonchev–Trinajstić information content (AvgIpc) is 2.83. The lowest BCUT2D eigenvalue weighted by Crippen LogP contribution is -2.31. The summed E-state index contributed by atoms with van der Waals surface area (Å²) in [4.78, 5) is 38.4. The van der Waals surface area contributed by atoms with Gasteiger partial charge in [-0.2, -0.15) is 0 Å². The monoisotopic (exact) mass is 450 g/mol. The molecule has 0 aliphatic heterocycles. The molecule has 3 aromatic carbocycles. The Kier molecular flexibility index (Phi) is 8.13. The molecule has 0 bridgehead atoms. The summed E-state index contributed by atoms with van der Waals surface area (Å²) in [6, 6.07) is 21.4. The zero-order valence-electron chi connectivity index (χ0n) is 18.0. The van der Waals surface area contributed by atoms with E-state index in [2.05, 4.69) is 5.32 Å². The second-order valence-electron chi connectivity index (χ2n) is 7.12. The molecule has 7 nitrogen and oxygen atoms in total. The molecular weight excluding hydrogens is 427 g/mol. The minimum atomic E-state index is -0.762. The van der Waals surface area contributed by atoms with Gasteiger partial charge in [0, 0.05) is 13.6 Å². The van der Waals surface area contributed by atoms with E-state index in [0.29, 0.717) is 6.54 Å². The number of nitrogens with one attached hydrogen (secondary N) is 1. The predicted molar refractivity (Wildman–Crippen MR) is 120 cm³/mol. The van der Waals surface area contributed by atoms with Gasteiger partial charge in [0.05, 0.1) is 5.69 Å². The van der Waals surface area contributed by atoms with E-state index in [4.69, 9.17) is 9.47 Å². The molecule has 8 heteroatoms. The second kappa shape index (κ2) is 11.4. The molecule has 0 aromatic heterocycles. The standard InChI is InChI=1S/C25H23FN2O5/c1-28(15-18-9-3-2-4-10-18)24(30)17-33-25(31)19-11-5-8-14-22(19)32-16-23(29)27-21-13-7-6-12-20(21)26/h2-14H,15-17H2,1H3,(H,27,29). The van der Waals surface area contributed by atoms with Crippen LogP contribution < -0.4 is 10.1 Å². The highest BCUT2D eigenvalue weighted by Gasteiger charge is 2.18. The van der Waals surface area contributed by atoms with Crippen molar-refractivity contribution in [3.05, 3.63) is 95.8 Å². The van der Waals surface area contributed by atoms with Crippen LogP contribution in [0.2, 0.25) is 0 Å². The van der Waals surface area contributed by atoms with Crippen molar-refractivity contribution in [1.29, 1.82) is 0 Å². The van der Waals surface area contributed by atoms with E-state index < -0.39 is 30.9 Å². The van der Waals surface area contributed by atoms with E-state index in [1.165, 1.54) is 35.2 Å². The van der Waals surface area contributed by atoms with Crippen LogP contribution >= 0.6 is 0 Å². The number of carbonyl (C=O) groups excluding carboxylic acids is 3. The number of halogens is 1. The van der Waals surface area contributed by atoms with Gasteiger partial charge in [-0.1, -0.05) is 54.6 Å². The molecule has 0 unspecified atom stereocenters. The summed E-state index contributed by atoms with van der Waals surface area (Å²) in [5.74, 6) is -2.19. The number of hydrogen-bond donors (Lipinski definition) is 1. The van der Waals surface area contributed by atoms with Crippen molar-refractivity contribution in [2.24, 2.45) is 0 Å². The third kappa shape index (κ3) is 6.90. The van der Waals surface area contributed by atoms with E-state index in [1.54, 1.807) is 25.2 Å². The van der Waals surface area contributed by atoms with E-state index in [-0.39, 0.29) is 22.9 Å². The van der Waals surface area contributed by atoms with Crippen molar-refractivity contribution in [3.63, 3.8) is 0 Å². The maximum atomic E-state index is 13.7. The molecule has 170 valence electrons. The van der Waals surface area contributed by atoms with Gasteiger partial charge in [-0.3, -0.25) is 9.59 Å². The number of carbonyl (C=O) groups is 3. The molecule has 3 aromatic rings. The van der Waals surface area contributed by atoms with E-state index in [1.807, 2.05) is 30.3 Å². The third-order valence-corrected chi connectivity index (χ3v) is 4.63.